The van der Waals surface area contributed by atoms with E-state index in [0.717, 1.165) is 6.42 Å². The number of aliphatic hydroxyl groups excluding tert-OH is 1. The second-order valence-corrected chi connectivity index (χ2v) is 3.27. The van der Waals surface area contributed by atoms with Crippen LogP contribution in [0.25, 0.3) is 0 Å². The molecule has 0 fully saturated rings. The maximum Gasteiger partial charge on any atom is 0.311 e. The molecule has 0 aliphatic rings. The predicted octanol–water partition coefficient (Wildman–Crippen LogP) is 0.500. The molecular weight excluding hydrogens is 200 g/mol. The number of carbonyl (C=O) groups excluding carboxylic acids is 2. The van der Waals surface area contributed by atoms with Gasteiger partial charge in [-0.1, -0.05) is 13.3 Å². The Morgan fingerprint density at radius 3 is 2.27 bits per heavy atom. The van der Waals surface area contributed by atoms with Crippen LogP contribution in [0.4, 0.5) is 0 Å². The molecule has 88 valence electrons. The Labute approximate surface area is 89.4 Å². The molecule has 0 saturated carbocycles. The van der Waals surface area contributed by atoms with E-state index in [4.69, 9.17) is 0 Å². The summed E-state index contributed by atoms with van der Waals surface area (Å²) in [6, 6.07) is 0. The van der Waals surface area contributed by atoms with Crippen LogP contribution in [-0.4, -0.2) is 37.4 Å². The molecule has 0 aromatic rings. The van der Waals surface area contributed by atoms with Crippen LogP contribution in [0, 0.1) is 5.92 Å². The van der Waals surface area contributed by atoms with Crippen molar-refractivity contribution < 1.29 is 24.2 Å². The molecule has 0 aliphatic carbocycles. The van der Waals surface area contributed by atoms with Crippen LogP contribution >= 0.6 is 0 Å². The monoisotopic (exact) mass is 218 g/mol. The fraction of sp³-hybridized carbons (Fsp3) is 0.800. The molecule has 0 aliphatic heterocycles. The molecule has 0 bridgehead atoms. The molecule has 0 rings (SSSR count). The van der Waals surface area contributed by atoms with E-state index >= 15 is 0 Å². The van der Waals surface area contributed by atoms with Gasteiger partial charge in [-0.05, 0) is 6.42 Å². The lowest BCUT2D eigenvalue weighted by Gasteiger charge is -2.18. The summed E-state index contributed by atoms with van der Waals surface area (Å²) in [4.78, 5) is 22.2. The van der Waals surface area contributed by atoms with Gasteiger partial charge in [0, 0.05) is 0 Å². The van der Waals surface area contributed by atoms with Crippen LogP contribution in [0.1, 0.15) is 26.2 Å². The summed E-state index contributed by atoms with van der Waals surface area (Å²) < 4.78 is 8.96. The molecule has 0 aromatic heterocycles. The number of ether oxygens (including phenoxy) is 2. The smallest absolute Gasteiger partial charge is 0.311 e. The van der Waals surface area contributed by atoms with Gasteiger partial charge in [0.25, 0.3) is 0 Å². The van der Waals surface area contributed by atoms with E-state index < -0.39 is 24.0 Å². The van der Waals surface area contributed by atoms with Crippen LogP contribution in [0.15, 0.2) is 0 Å². The van der Waals surface area contributed by atoms with Gasteiger partial charge in [-0.2, -0.15) is 0 Å². The van der Waals surface area contributed by atoms with Crippen LogP contribution in [-0.2, 0) is 19.1 Å². The van der Waals surface area contributed by atoms with Crippen molar-refractivity contribution in [3.05, 3.63) is 0 Å². The lowest BCUT2D eigenvalue weighted by molar-refractivity contribution is -0.152. The zero-order valence-electron chi connectivity index (χ0n) is 9.36. The Hall–Kier alpha value is -1.10. The van der Waals surface area contributed by atoms with Crippen molar-refractivity contribution in [3.8, 4) is 0 Å². The predicted molar refractivity (Wildman–Crippen MR) is 53.1 cm³/mol. The number of carbonyl (C=O) groups is 2. The Morgan fingerprint density at radius 1 is 1.27 bits per heavy atom. The fourth-order valence-electron chi connectivity index (χ4n) is 1.33. The van der Waals surface area contributed by atoms with Crippen LogP contribution in [0.2, 0.25) is 0 Å². The Balaban J connectivity index is 4.34. The maximum atomic E-state index is 11.3. The highest BCUT2D eigenvalue weighted by Crippen LogP contribution is 2.16. The van der Waals surface area contributed by atoms with Crippen LogP contribution in [0.5, 0.6) is 0 Å². The Bertz CT molecular complexity index is 214. The van der Waals surface area contributed by atoms with Gasteiger partial charge in [-0.25, -0.2) is 0 Å². The fourth-order valence-corrected chi connectivity index (χ4v) is 1.33. The quantitative estimate of drug-likeness (QED) is 0.657. The first-order valence-corrected chi connectivity index (χ1v) is 4.89. The summed E-state index contributed by atoms with van der Waals surface area (Å²) in [5.74, 6) is -1.68. The Kier molecular flexibility index (Phi) is 6.70. The lowest BCUT2D eigenvalue weighted by atomic mass is 9.95. The normalized spacial score (nSPS) is 14.1. The van der Waals surface area contributed by atoms with E-state index in [-0.39, 0.29) is 6.42 Å². The average Bonchev–Trinajstić information content (AvgIpc) is 2.24. The summed E-state index contributed by atoms with van der Waals surface area (Å²) >= 11 is 0. The topological polar surface area (TPSA) is 72.8 Å². The SMILES string of the molecule is CCC[C@H](C(=O)OC)[C@@H](O)CC(=O)OC. The van der Waals surface area contributed by atoms with Gasteiger partial charge in [0.05, 0.1) is 32.7 Å². The van der Waals surface area contributed by atoms with Crippen molar-refractivity contribution in [3.63, 3.8) is 0 Å². The summed E-state index contributed by atoms with van der Waals surface area (Å²) in [5, 5.41) is 9.64. The largest absolute Gasteiger partial charge is 0.469 e. The molecule has 0 amide bonds. The first kappa shape index (κ1) is 13.9. The molecule has 0 heterocycles. The zero-order valence-corrected chi connectivity index (χ0v) is 9.36. The van der Waals surface area contributed by atoms with Crippen molar-refractivity contribution in [2.75, 3.05) is 14.2 Å². The van der Waals surface area contributed by atoms with Crippen LogP contribution < -0.4 is 0 Å². The summed E-state index contributed by atoms with van der Waals surface area (Å²) in [6.45, 7) is 1.89. The number of rotatable bonds is 6. The van der Waals surface area contributed by atoms with Gasteiger partial charge in [-0.15, -0.1) is 0 Å². The molecule has 0 saturated heterocycles. The third kappa shape index (κ3) is 4.78. The number of aliphatic hydroxyl groups is 1. The minimum absolute atomic E-state index is 0.184. The number of methoxy groups -OCH3 is 2. The first-order chi connectivity index (χ1) is 7.06. The highest BCUT2D eigenvalue weighted by atomic mass is 16.5. The van der Waals surface area contributed by atoms with Crippen molar-refractivity contribution in [1.82, 2.24) is 0 Å². The minimum atomic E-state index is -1.04. The molecule has 15 heavy (non-hydrogen) atoms. The molecule has 2 atom stereocenters. The van der Waals surface area contributed by atoms with Gasteiger partial charge in [0.2, 0.25) is 0 Å². The molecule has 0 unspecified atom stereocenters. The van der Waals surface area contributed by atoms with E-state index in [1.54, 1.807) is 0 Å². The highest BCUT2D eigenvalue weighted by molar-refractivity contribution is 5.75. The first-order valence-electron chi connectivity index (χ1n) is 4.89. The summed E-state index contributed by atoms with van der Waals surface area (Å²) in [7, 11) is 2.50. The molecular formula is C10H18O5. The minimum Gasteiger partial charge on any atom is -0.469 e. The van der Waals surface area contributed by atoms with Gasteiger partial charge < -0.3 is 14.6 Å². The van der Waals surface area contributed by atoms with E-state index in [0.29, 0.717) is 6.42 Å². The molecule has 5 nitrogen and oxygen atoms in total. The lowest BCUT2D eigenvalue weighted by Crippen LogP contribution is -2.31. The van der Waals surface area contributed by atoms with E-state index in [2.05, 4.69) is 9.47 Å². The average molecular weight is 218 g/mol. The zero-order chi connectivity index (χ0) is 11.8. The van der Waals surface area contributed by atoms with E-state index in [1.165, 1.54) is 14.2 Å². The molecule has 0 radical (unpaired) electrons. The molecule has 0 aromatic carbocycles. The van der Waals surface area contributed by atoms with Crippen LogP contribution in [0.3, 0.4) is 0 Å². The Morgan fingerprint density at radius 2 is 1.87 bits per heavy atom. The molecule has 0 spiro atoms. The van der Waals surface area contributed by atoms with Gasteiger partial charge in [0.1, 0.15) is 0 Å². The summed E-state index contributed by atoms with van der Waals surface area (Å²) in [6.07, 6.45) is 0.00360. The third-order valence-electron chi connectivity index (χ3n) is 2.17. The van der Waals surface area contributed by atoms with Crippen molar-refractivity contribution in [2.45, 2.75) is 32.3 Å². The van der Waals surface area contributed by atoms with Gasteiger partial charge >= 0.3 is 11.9 Å². The van der Waals surface area contributed by atoms with Crippen molar-refractivity contribution in [2.24, 2.45) is 5.92 Å². The second kappa shape index (κ2) is 7.23. The number of esters is 2. The van der Waals surface area contributed by atoms with Gasteiger partial charge in [0.15, 0.2) is 0 Å². The highest BCUT2D eigenvalue weighted by Gasteiger charge is 2.28. The molecule has 5 heteroatoms. The number of hydrogen-bond donors (Lipinski definition) is 1. The van der Waals surface area contributed by atoms with Gasteiger partial charge in [-0.3, -0.25) is 9.59 Å². The standard InChI is InChI=1S/C10H18O5/c1-4-5-7(10(13)15-3)8(11)6-9(12)14-2/h7-8,11H,4-6H2,1-3H3/t7-,8-/m0/s1. The van der Waals surface area contributed by atoms with Crippen molar-refractivity contribution >= 4 is 11.9 Å². The van der Waals surface area contributed by atoms with Crippen molar-refractivity contribution in [1.29, 1.82) is 0 Å². The van der Waals surface area contributed by atoms with E-state index in [1.807, 2.05) is 6.92 Å². The van der Waals surface area contributed by atoms with E-state index in [9.17, 15) is 14.7 Å². The maximum absolute atomic E-state index is 11.3. The second-order valence-electron chi connectivity index (χ2n) is 3.27. The summed E-state index contributed by atoms with van der Waals surface area (Å²) in [5.41, 5.74) is 0. The number of hydrogen-bond acceptors (Lipinski definition) is 5. The third-order valence-corrected chi connectivity index (χ3v) is 2.17. The molecule has 1 N–H and O–H groups in total.